The summed E-state index contributed by atoms with van der Waals surface area (Å²) >= 11 is 11.8. The van der Waals surface area contributed by atoms with Crippen molar-refractivity contribution < 1.29 is 5.11 Å². The van der Waals surface area contributed by atoms with Crippen molar-refractivity contribution in [3.8, 4) is 5.75 Å². The van der Waals surface area contributed by atoms with Crippen LogP contribution in [-0.2, 0) is 0 Å². The molecule has 0 bridgehead atoms. The fraction of sp³-hybridized carbons (Fsp3) is 0.143. The number of aromatic hydroxyl groups is 1. The standard InChI is InChI=1S/C14H13Cl2N3O/c1-2-13(9-3-5-11(20)6-4-9)18-19-14-12(16)7-10(15)8-17-14/h3-8,20H,2H2,1H3,(H,17,19)/b18-13+. The molecule has 0 saturated carbocycles. The molecule has 0 atom stereocenters. The lowest BCUT2D eigenvalue weighted by molar-refractivity contribution is 0.475. The maximum atomic E-state index is 9.29. The molecule has 2 aromatic rings. The molecule has 0 spiro atoms. The van der Waals surface area contributed by atoms with E-state index in [1.807, 2.05) is 6.92 Å². The summed E-state index contributed by atoms with van der Waals surface area (Å²) < 4.78 is 0. The van der Waals surface area contributed by atoms with E-state index >= 15 is 0 Å². The van der Waals surface area contributed by atoms with Gasteiger partial charge in [0, 0.05) is 6.20 Å². The number of phenols is 1. The second kappa shape index (κ2) is 6.59. The Labute approximate surface area is 127 Å². The van der Waals surface area contributed by atoms with Crippen LogP contribution in [0.5, 0.6) is 5.75 Å². The van der Waals surface area contributed by atoms with Gasteiger partial charge in [0.1, 0.15) is 5.75 Å². The highest BCUT2D eigenvalue weighted by Gasteiger charge is 2.04. The van der Waals surface area contributed by atoms with Crippen LogP contribution in [0.15, 0.2) is 41.6 Å². The molecule has 0 aliphatic carbocycles. The van der Waals surface area contributed by atoms with Crippen molar-refractivity contribution in [1.82, 2.24) is 4.98 Å². The fourth-order valence-electron chi connectivity index (χ4n) is 1.62. The minimum Gasteiger partial charge on any atom is -0.508 e. The quantitative estimate of drug-likeness (QED) is 0.653. The van der Waals surface area contributed by atoms with Gasteiger partial charge < -0.3 is 5.11 Å². The third-order valence-corrected chi connectivity index (χ3v) is 3.13. The minimum absolute atomic E-state index is 0.222. The average Bonchev–Trinajstić information content (AvgIpc) is 2.43. The monoisotopic (exact) mass is 309 g/mol. The van der Waals surface area contributed by atoms with Gasteiger partial charge in [-0.25, -0.2) is 4.98 Å². The maximum Gasteiger partial charge on any atom is 0.165 e. The molecule has 1 aromatic carbocycles. The van der Waals surface area contributed by atoms with Crippen molar-refractivity contribution in [1.29, 1.82) is 0 Å². The Hall–Kier alpha value is -1.78. The molecule has 0 unspecified atom stereocenters. The molecule has 1 heterocycles. The van der Waals surface area contributed by atoms with E-state index in [1.165, 1.54) is 6.20 Å². The summed E-state index contributed by atoms with van der Waals surface area (Å²) in [7, 11) is 0. The van der Waals surface area contributed by atoms with E-state index in [-0.39, 0.29) is 5.75 Å². The summed E-state index contributed by atoms with van der Waals surface area (Å²) in [6.45, 7) is 1.99. The van der Waals surface area contributed by atoms with Gasteiger partial charge in [0.25, 0.3) is 0 Å². The normalized spacial score (nSPS) is 11.4. The van der Waals surface area contributed by atoms with Crippen LogP contribution in [0.1, 0.15) is 18.9 Å². The van der Waals surface area contributed by atoms with E-state index in [0.29, 0.717) is 15.9 Å². The molecule has 0 radical (unpaired) electrons. The first kappa shape index (κ1) is 14.6. The lowest BCUT2D eigenvalue weighted by atomic mass is 10.1. The summed E-state index contributed by atoms with van der Waals surface area (Å²) in [5, 5.41) is 14.5. The SMILES string of the molecule is CC/C(=N\Nc1ncc(Cl)cc1Cl)c1ccc(O)cc1. The smallest absolute Gasteiger partial charge is 0.165 e. The van der Waals surface area contributed by atoms with Crippen molar-refractivity contribution in [2.45, 2.75) is 13.3 Å². The number of benzene rings is 1. The first-order valence-electron chi connectivity index (χ1n) is 6.03. The van der Waals surface area contributed by atoms with Crippen molar-refractivity contribution in [2.24, 2.45) is 5.10 Å². The number of anilines is 1. The van der Waals surface area contributed by atoms with E-state index in [0.717, 1.165) is 17.7 Å². The Morgan fingerprint density at radius 1 is 1.30 bits per heavy atom. The molecule has 2 N–H and O–H groups in total. The molecule has 0 saturated heterocycles. The van der Waals surface area contributed by atoms with Gasteiger partial charge in [-0.2, -0.15) is 5.10 Å². The van der Waals surface area contributed by atoms with Gasteiger partial charge in [0.2, 0.25) is 0 Å². The van der Waals surface area contributed by atoms with Gasteiger partial charge in [-0.05, 0) is 42.3 Å². The highest BCUT2D eigenvalue weighted by atomic mass is 35.5. The lowest BCUT2D eigenvalue weighted by Crippen LogP contribution is -2.04. The van der Waals surface area contributed by atoms with Gasteiger partial charge in [0.15, 0.2) is 5.82 Å². The van der Waals surface area contributed by atoms with Gasteiger partial charge >= 0.3 is 0 Å². The van der Waals surface area contributed by atoms with Crippen molar-refractivity contribution >= 4 is 34.7 Å². The Bertz CT molecular complexity index is 627. The van der Waals surface area contributed by atoms with E-state index in [9.17, 15) is 5.11 Å². The second-order valence-corrected chi connectivity index (χ2v) is 4.90. The summed E-state index contributed by atoms with van der Waals surface area (Å²) in [5.41, 5.74) is 4.58. The minimum atomic E-state index is 0.222. The molecule has 0 fully saturated rings. The predicted octanol–water partition coefficient (Wildman–Crippen LogP) is 4.32. The molecular formula is C14H13Cl2N3O. The Kier molecular flexibility index (Phi) is 4.82. The number of hydrogen-bond acceptors (Lipinski definition) is 4. The van der Waals surface area contributed by atoms with Crippen LogP contribution >= 0.6 is 23.2 Å². The second-order valence-electron chi connectivity index (χ2n) is 4.05. The number of nitrogens with one attached hydrogen (secondary N) is 1. The highest BCUT2D eigenvalue weighted by Crippen LogP contribution is 2.22. The molecule has 6 heteroatoms. The van der Waals surface area contributed by atoms with Crippen LogP contribution in [-0.4, -0.2) is 15.8 Å². The largest absolute Gasteiger partial charge is 0.508 e. The van der Waals surface area contributed by atoms with Crippen LogP contribution < -0.4 is 5.43 Å². The van der Waals surface area contributed by atoms with Crippen LogP contribution in [0.3, 0.4) is 0 Å². The van der Waals surface area contributed by atoms with Crippen molar-refractivity contribution in [3.63, 3.8) is 0 Å². The van der Waals surface area contributed by atoms with Crippen LogP contribution in [0.25, 0.3) is 0 Å². The topological polar surface area (TPSA) is 57.5 Å². The summed E-state index contributed by atoms with van der Waals surface area (Å²) in [6, 6.07) is 8.44. The molecule has 0 amide bonds. The molecule has 2 rings (SSSR count). The van der Waals surface area contributed by atoms with E-state index < -0.39 is 0 Å². The average molecular weight is 310 g/mol. The zero-order valence-electron chi connectivity index (χ0n) is 10.8. The van der Waals surface area contributed by atoms with Crippen molar-refractivity contribution in [2.75, 3.05) is 5.43 Å². The van der Waals surface area contributed by atoms with Gasteiger partial charge in [-0.15, -0.1) is 0 Å². The van der Waals surface area contributed by atoms with Crippen LogP contribution in [0.4, 0.5) is 5.82 Å². The molecule has 104 valence electrons. The first-order valence-corrected chi connectivity index (χ1v) is 6.78. The van der Waals surface area contributed by atoms with Crippen LogP contribution in [0.2, 0.25) is 10.0 Å². The van der Waals surface area contributed by atoms with Gasteiger partial charge in [-0.3, -0.25) is 5.43 Å². The number of rotatable bonds is 4. The van der Waals surface area contributed by atoms with E-state index in [4.69, 9.17) is 23.2 Å². The fourth-order valence-corrected chi connectivity index (χ4v) is 2.04. The van der Waals surface area contributed by atoms with Gasteiger partial charge in [0.05, 0.1) is 15.8 Å². The molecule has 0 aliphatic heterocycles. The molecule has 1 aromatic heterocycles. The van der Waals surface area contributed by atoms with E-state index in [1.54, 1.807) is 30.3 Å². The third-order valence-electron chi connectivity index (χ3n) is 2.64. The predicted molar refractivity (Wildman–Crippen MR) is 82.8 cm³/mol. The molecule has 4 nitrogen and oxygen atoms in total. The number of hydrazone groups is 1. The number of nitrogens with zero attached hydrogens (tertiary/aromatic N) is 2. The number of hydrogen-bond donors (Lipinski definition) is 2. The molecule has 20 heavy (non-hydrogen) atoms. The first-order chi connectivity index (χ1) is 9.60. The summed E-state index contributed by atoms with van der Waals surface area (Å²) in [5.74, 6) is 0.667. The summed E-state index contributed by atoms with van der Waals surface area (Å²) in [4.78, 5) is 4.07. The Balaban J connectivity index is 2.21. The zero-order valence-corrected chi connectivity index (χ0v) is 12.3. The number of aromatic nitrogens is 1. The highest BCUT2D eigenvalue weighted by molar-refractivity contribution is 6.35. The zero-order chi connectivity index (χ0) is 14.5. The maximum absolute atomic E-state index is 9.29. The molecule has 0 aliphatic rings. The molecular weight excluding hydrogens is 297 g/mol. The Morgan fingerprint density at radius 2 is 2.00 bits per heavy atom. The lowest BCUT2D eigenvalue weighted by Gasteiger charge is -2.07. The summed E-state index contributed by atoms with van der Waals surface area (Å²) in [6.07, 6.45) is 2.22. The van der Waals surface area contributed by atoms with Crippen LogP contribution in [0, 0.1) is 0 Å². The Morgan fingerprint density at radius 3 is 2.60 bits per heavy atom. The third kappa shape index (κ3) is 3.62. The number of pyridine rings is 1. The number of halogens is 2. The van der Waals surface area contributed by atoms with E-state index in [2.05, 4.69) is 15.5 Å². The van der Waals surface area contributed by atoms with Crippen molar-refractivity contribution in [3.05, 3.63) is 52.1 Å². The van der Waals surface area contributed by atoms with Gasteiger partial charge in [-0.1, -0.05) is 30.1 Å². The number of phenolic OH excluding ortho intramolecular Hbond substituents is 1.